The number of aromatic nitrogens is 2. The summed E-state index contributed by atoms with van der Waals surface area (Å²) in [4.78, 5) is 23.3. The van der Waals surface area contributed by atoms with Crippen molar-refractivity contribution in [2.75, 3.05) is 43.8 Å². The number of esters is 1. The number of benzene rings is 1. The quantitative estimate of drug-likeness (QED) is 0.466. The Bertz CT molecular complexity index is 982. The van der Waals surface area contributed by atoms with Crippen molar-refractivity contribution in [3.8, 4) is 5.75 Å². The smallest absolute Gasteiger partial charge is 0.345 e. The van der Waals surface area contributed by atoms with Gasteiger partial charge < -0.3 is 24.8 Å². The number of aliphatic hydroxyl groups is 1. The minimum atomic E-state index is -1.47. The molecule has 0 aliphatic carbocycles. The molecule has 1 atom stereocenters. The molecule has 2 heterocycles. The molecule has 0 bridgehead atoms. The van der Waals surface area contributed by atoms with E-state index in [1.165, 1.54) is 20.5 Å². The maximum Gasteiger partial charge on any atom is 0.345 e. The largest absolute Gasteiger partial charge is 0.495 e. The monoisotopic (exact) mass is 468 g/mol. The molecule has 31 heavy (non-hydrogen) atoms. The highest BCUT2D eigenvalue weighted by molar-refractivity contribution is 7.84. The highest BCUT2D eigenvalue weighted by atomic mass is 35.5. The summed E-state index contributed by atoms with van der Waals surface area (Å²) in [5.41, 5.74) is 0.995. The fraction of sp³-hybridized carbons (Fsp3) is 0.450. The minimum Gasteiger partial charge on any atom is -0.495 e. The van der Waals surface area contributed by atoms with Gasteiger partial charge in [0.15, 0.2) is 0 Å². The summed E-state index contributed by atoms with van der Waals surface area (Å²) in [7, 11) is 1.35. The molecular weight excluding hydrogens is 444 g/mol. The van der Waals surface area contributed by atoms with Crippen LogP contribution >= 0.6 is 11.6 Å². The van der Waals surface area contributed by atoms with Crippen LogP contribution < -0.4 is 15.0 Å². The van der Waals surface area contributed by atoms with Crippen molar-refractivity contribution in [2.24, 2.45) is 0 Å². The molecule has 0 spiro atoms. The SMILES string of the molecule is COC(=O)c1c(NCc2ccc(OC)c(Cl)c2)nc(S(C)=O)nc1N1CCC(O)CC1. The maximum absolute atomic E-state index is 12.7. The zero-order valence-electron chi connectivity index (χ0n) is 17.6. The van der Waals surface area contributed by atoms with E-state index in [-0.39, 0.29) is 16.5 Å². The fourth-order valence-electron chi connectivity index (χ4n) is 3.29. The molecule has 0 radical (unpaired) electrons. The Morgan fingerprint density at radius 3 is 2.61 bits per heavy atom. The number of piperidine rings is 1. The van der Waals surface area contributed by atoms with E-state index in [1.807, 2.05) is 11.0 Å². The van der Waals surface area contributed by atoms with Crippen LogP contribution in [0.1, 0.15) is 28.8 Å². The van der Waals surface area contributed by atoms with E-state index in [0.717, 1.165) is 5.56 Å². The first-order chi connectivity index (χ1) is 14.8. The predicted octanol–water partition coefficient (Wildman–Crippen LogP) is 2.24. The second-order valence-electron chi connectivity index (χ2n) is 7.04. The highest BCUT2D eigenvalue weighted by Crippen LogP contribution is 2.30. The van der Waals surface area contributed by atoms with Crippen LogP contribution in [-0.4, -0.2) is 64.9 Å². The number of nitrogens with zero attached hydrogens (tertiary/aromatic N) is 3. The first-order valence-electron chi connectivity index (χ1n) is 9.67. The lowest BCUT2D eigenvalue weighted by Gasteiger charge is -2.32. The number of carbonyl (C=O) groups is 1. The van der Waals surface area contributed by atoms with E-state index in [9.17, 15) is 14.1 Å². The van der Waals surface area contributed by atoms with Crippen molar-refractivity contribution in [3.63, 3.8) is 0 Å². The van der Waals surface area contributed by atoms with Gasteiger partial charge in [-0.2, -0.15) is 0 Å². The van der Waals surface area contributed by atoms with Gasteiger partial charge in [0, 0.05) is 25.9 Å². The molecule has 3 rings (SSSR count). The lowest BCUT2D eigenvalue weighted by Crippen LogP contribution is -2.37. The lowest BCUT2D eigenvalue weighted by atomic mass is 10.1. The number of anilines is 2. The van der Waals surface area contributed by atoms with Crippen LogP contribution in [0.3, 0.4) is 0 Å². The lowest BCUT2D eigenvalue weighted by molar-refractivity contribution is 0.0601. The third-order valence-electron chi connectivity index (χ3n) is 4.96. The normalized spacial score (nSPS) is 15.5. The summed E-state index contributed by atoms with van der Waals surface area (Å²) in [6, 6.07) is 5.33. The van der Waals surface area contributed by atoms with Gasteiger partial charge in [-0.3, -0.25) is 4.21 Å². The molecule has 0 saturated carbocycles. The summed E-state index contributed by atoms with van der Waals surface area (Å²) >= 11 is 6.20. The highest BCUT2D eigenvalue weighted by Gasteiger charge is 2.28. The van der Waals surface area contributed by atoms with Gasteiger partial charge in [0.1, 0.15) is 22.9 Å². The second kappa shape index (κ2) is 10.3. The van der Waals surface area contributed by atoms with Gasteiger partial charge in [-0.15, -0.1) is 0 Å². The number of nitrogens with one attached hydrogen (secondary N) is 1. The van der Waals surface area contributed by atoms with E-state index in [1.54, 1.807) is 12.1 Å². The number of halogens is 1. The van der Waals surface area contributed by atoms with Crippen LogP contribution in [-0.2, 0) is 22.1 Å². The maximum atomic E-state index is 12.7. The van der Waals surface area contributed by atoms with Gasteiger partial charge in [-0.25, -0.2) is 14.8 Å². The molecule has 1 aromatic carbocycles. The Labute approximate surface area is 188 Å². The number of ether oxygens (including phenoxy) is 2. The van der Waals surface area contributed by atoms with Gasteiger partial charge in [-0.05, 0) is 30.5 Å². The van der Waals surface area contributed by atoms with E-state index in [4.69, 9.17) is 21.1 Å². The zero-order valence-corrected chi connectivity index (χ0v) is 19.1. The van der Waals surface area contributed by atoms with Gasteiger partial charge in [-0.1, -0.05) is 17.7 Å². The molecule has 0 amide bonds. The summed E-state index contributed by atoms with van der Waals surface area (Å²) in [6.07, 6.45) is 2.17. The van der Waals surface area contributed by atoms with Crippen LogP contribution in [0, 0.1) is 0 Å². The molecule has 1 unspecified atom stereocenters. The Balaban J connectivity index is 1.99. The molecule has 1 aliphatic rings. The van der Waals surface area contributed by atoms with E-state index in [2.05, 4.69) is 15.3 Å². The molecule has 11 heteroatoms. The molecule has 1 saturated heterocycles. The average Bonchev–Trinajstić information content (AvgIpc) is 2.77. The molecule has 1 aromatic heterocycles. The van der Waals surface area contributed by atoms with E-state index < -0.39 is 22.9 Å². The van der Waals surface area contributed by atoms with Crippen molar-refractivity contribution in [2.45, 2.75) is 30.6 Å². The van der Waals surface area contributed by atoms with Gasteiger partial charge in [0.05, 0.1) is 36.1 Å². The Morgan fingerprint density at radius 2 is 2.03 bits per heavy atom. The predicted molar refractivity (Wildman–Crippen MR) is 118 cm³/mol. The van der Waals surface area contributed by atoms with E-state index in [0.29, 0.717) is 49.1 Å². The van der Waals surface area contributed by atoms with Crippen LogP contribution in [0.5, 0.6) is 5.75 Å². The Kier molecular flexibility index (Phi) is 7.69. The zero-order chi connectivity index (χ0) is 22.5. The number of rotatable bonds is 7. The van der Waals surface area contributed by atoms with Crippen molar-refractivity contribution in [1.82, 2.24) is 9.97 Å². The number of carbonyl (C=O) groups excluding carboxylic acids is 1. The van der Waals surface area contributed by atoms with E-state index >= 15 is 0 Å². The molecule has 1 fully saturated rings. The third kappa shape index (κ3) is 5.44. The average molecular weight is 469 g/mol. The minimum absolute atomic E-state index is 0.101. The van der Waals surface area contributed by atoms with Crippen molar-refractivity contribution >= 4 is 40.0 Å². The van der Waals surface area contributed by atoms with Crippen LogP contribution in [0.15, 0.2) is 23.4 Å². The van der Waals surface area contributed by atoms with Gasteiger partial charge in [0.25, 0.3) is 0 Å². The van der Waals surface area contributed by atoms with Gasteiger partial charge >= 0.3 is 5.97 Å². The standard InChI is InChI=1S/C20H25ClN4O5S/c1-29-15-5-4-12(10-14(15)21)11-22-17-16(19(27)30-2)18(24-20(23-17)31(3)28)25-8-6-13(26)7-9-25/h4-5,10,13,26H,6-9,11H2,1-3H3,(H,22,23,24). The van der Waals surface area contributed by atoms with Gasteiger partial charge in [0.2, 0.25) is 5.16 Å². The molecule has 2 N–H and O–H groups in total. The number of hydrogen-bond donors (Lipinski definition) is 2. The van der Waals surface area contributed by atoms with Crippen LogP contribution in [0.25, 0.3) is 0 Å². The first kappa shape index (κ1) is 23.2. The van der Waals surface area contributed by atoms with Crippen molar-refractivity contribution in [3.05, 3.63) is 34.3 Å². The Morgan fingerprint density at radius 1 is 1.32 bits per heavy atom. The summed E-state index contributed by atoms with van der Waals surface area (Å²) in [5, 5.41) is 13.5. The molecular formula is C20H25ClN4O5S. The fourth-order valence-corrected chi connectivity index (χ4v) is 4.00. The number of aliphatic hydroxyl groups excluding tert-OH is 1. The number of hydrogen-bond acceptors (Lipinski definition) is 9. The topological polar surface area (TPSA) is 114 Å². The molecule has 1 aliphatic heterocycles. The summed E-state index contributed by atoms with van der Waals surface area (Å²) in [6.45, 7) is 1.32. The van der Waals surface area contributed by atoms with Crippen LogP contribution in [0.2, 0.25) is 5.02 Å². The molecule has 2 aromatic rings. The first-order valence-corrected chi connectivity index (χ1v) is 11.6. The second-order valence-corrected chi connectivity index (χ2v) is 8.72. The molecule has 9 nitrogen and oxygen atoms in total. The van der Waals surface area contributed by atoms with Crippen LogP contribution in [0.4, 0.5) is 11.6 Å². The summed E-state index contributed by atoms with van der Waals surface area (Å²) < 4.78 is 22.3. The molecule has 168 valence electrons. The van der Waals surface area contributed by atoms with Crippen molar-refractivity contribution in [1.29, 1.82) is 0 Å². The number of methoxy groups -OCH3 is 2. The summed E-state index contributed by atoms with van der Waals surface area (Å²) in [5.74, 6) is 0.514. The third-order valence-corrected chi connectivity index (χ3v) is 5.95. The van der Waals surface area contributed by atoms with Crippen molar-refractivity contribution < 1.29 is 23.6 Å². The Hall–Kier alpha value is -2.43.